The topological polar surface area (TPSA) is 86.6 Å². The predicted octanol–water partition coefficient (Wildman–Crippen LogP) is 2.21. The molecule has 0 fully saturated rings. The SMILES string of the molecule is Cc1c(O)cccc1NS(=O)(=O)c1ccc(O)cc1. The third kappa shape index (κ3) is 2.79. The Morgan fingerprint density at radius 1 is 1.00 bits per heavy atom. The molecule has 2 aromatic rings. The molecule has 0 aromatic heterocycles. The van der Waals surface area contributed by atoms with Crippen LogP contribution in [0.5, 0.6) is 11.5 Å². The summed E-state index contributed by atoms with van der Waals surface area (Å²) in [6.07, 6.45) is 0. The fourth-order valence-corrected chi connectivity index (χ4v) is 2.69. The molecule has 0 bridgehead atoms. The van der Waals surface area contributed by atoms with E-state index in [-0.39, 0.29) is 16.4 Å². The summed E-state index contributed by atoms with van der Waals surface area (Å²) >= 11 is 0. The zero-order chi connectivity index (χ0) is 14.0. The van der Waals surface area contributed by atoms with E-state index < -0.39 is 10.0 Å². The van der Waals surface area contributed by atoms with Crippen LogP contribution in [0.1, 0.15) is 5.56 Å². The highest BCUT2D eigenvalue weighted by Crippen LogP contribution is 2.26. The third-order valence-electron chi connectivity index (χ3n) is 2.70. The Hall–Kier alpha value is -2.21. The van der Waals surface area contributed by atoms with Crippen molar-refractivity contribution in [3.8, 4) is 11.5 Å². The number of rotatable bonds is 3. The predicted molar refractivity (Wildman–Crippen MR) is 71.8 cm³/mol. The van der Waals surface area contributed by atoms with Crippen LogP contribution >= 0.6 is 0 Å². The van der Waals surface area contributed by atoms with Gasteiger partial charge in [0.1, 0.15) is 11.5 Å². The molecule has 0 spiro atoms. The molecule has 0 unspecified atom stereocenters. The van der Waals surface area contributed by atoms with Crippen LogP contribution in [0.2, 0.25) is 0 Å². The van der Waals surface area contributed by atoms with Crippen LogP contribution in [-0.2, 0) is 10.0 Å². The highest BCUT2D eigenvalue weighted by molar-refractivity contribution is 7.92. The molecule has 0 heterocycles. The number of phenols is 2. The summed E-state index contributed by atoms with van der Waals surface area (Å²) in [5.41, 5.74) is 0.762. The lowest BCUT2D eigenvalue weighted by Crippen LogP contribution is -2.13. The molecule has 0 atom stereocenters. The molecule has 6 heteroatoms. The molecule has 0 amide bonds. The van der Waals surface area contributed by atoms with Crippen LogP contribution in [0.4, 0.5) is 5.69 Å². The number of hydrogen-bond donors (Lipinski definition) is 3. The Bertz CT molecular complexity index is 693. The zero-order valence-electron chi connectivity index (χ0n) is 10.2. The number of benzene rings is 2. The first-order valence-corrected chi connectivity index (χ1v) is 6.99. The molecule has 3 N–H and O–H groups in total. The van der Waals surface area contributed by atoms with E-state index >= 15 is 0 Å². The van der Waals surface area contributed by atoms with Gasteiger partial charge < -0.3 is 10.2 Å². The molecular formula is C13H13NO4S. The van der Waals surface area contributed by atoms with Crippen LogP contribution in [-0.4, -0.2) is 18.6 Å². The number of phenolic OH excluding ortho intramolecular Hbond substituents is 2. The highest BCUT2D eigenvalue weighted by atomic mass is 32.2. The Labute approximate surface area is 111 Å². The van der Waals surface area contributed by atoms with Crippen molar-refractivity contribution in [1.29, 1.82) is 0 Å². The minimum Gasteiger partial charge on any atom is -0.508 e. The molecule has 0 saturated carbocycles. The minimum atomic E-state index is -3.74. The third-order valence-corrected chi connectivity index (χ3v) is 4.08. The Kier molecular flexibility index (Phi) is 3.35. The molecular weight excluding hydrogens is 266 g/mol. The fraction of sp³-hybridized carbons (Fsp3) is 0.0769. The average molecular weight is 279 g/mol. The maximum Gasteiger partial charge on any atom is 0.261 e. The Morgan fingerprint density at radius 2 is 1.63 bits per heavy atom. The van der Waals surface area contributed by atoms with Gasteiger partial charge in [0.2, 0.25) is 0 Å². The average Bonchev–Trinajstić information content (AvgIpc) is 2.35. The van der Waals surface area contributed by atoms with Gasteiger partial charge in [0.25, 0.3) is 10.0 Å². The second-order valence-electron chi connectivity index (χ2n) is 4.05. The molecule has 100 valence electrons. The van der Waals surface area contributed by atoms with Gasteiger partial charge >= 0.3 is 0 Å². The van der Waals surface area contributed by atoms with E-state index in [1.54, 1.807) is 19.1 Å². The van der Waals surface area contributed by atoms with Gasteiger partial charge in [0, 0.05) is 5.56 Å². The molecule has 5 nitrogen and oxygen atoms in total. The van der Waals surface area contributed by atoms with Crippen molar-refractivity contribution in [2.45, 2.75) is 11.8 Å². The van der Waals surface area contributed by atoms with Crippen molar-refractivity contribution in [3.63, 3.8) is 0 Å². The second kappa shape index (κ2) is 4.81. The fourth-order valence-electron chi connectivity index (χ4n) is 1.56. The van der Waals surface area contributed by atoms with Crippen molar-refractivity contribution in [2.24, 2.45) is 0 Å². The van der Waals surface area contributed by atoms with Crippen molar-refractivity contribution in [1.82, 2.24) is 0 Å². The maximum absolute atomic E-state index is 12.1. The largest absolute Gasteiger partial charge is 0.508 e. The van der Waals surface area contributed by atoms with Crippen LogP contribution in [0.25, 0.3) is 0 Å². The van der Waals surface area contributed by atoms with Gasteiger partial charge in [-0.1, -0.05) is 6.07 Å². The van der Waals surface area contributed by atoms with E-state index in [1.807, 2.05) is 0 Å². The van der Waals surface area contributed by atoms with Gasteiger partial charge in [-0.15, -0.1) is 0 Å². The number of sulfonamides is 1. The lowest BCUT2D eigenvalue weighted by Gasteiger charge is -2.11. The summed E-state index contributed by atoms with van der Waals surface area (Å²) in [5.74, 6) is 0.0124. The van der Waals surface area contributed by atoms with E-state index in [4.69, 9.17) is 5.11 Å². The summed E-state index contributed by atoms with van der Waals surface area (Å²) < 4.78 is 26.6. The van der Waals surface area contributed by atoms with Crippen molar-refractivity contribution in [2.75, 3.05) is 4.72 Å². The lowest BCUT2D eigenvalue weighted by molar-refractivity contribution is 0.471. The van der Waals surface area contributed by atoms with Crippen LogP contribution < -0.4 is 4.72 Å². The Morgan fingerprint density at radius 3 is 2.26 bits per heavy atom. The first kappa shape index (κ1) is 13.2. The van der Waals surface area contributed by atoms with Crippen LogP contribution in [0.3, 0.4) is 0 Å². The number of nitrogens with one attached hydrogen (secondary N) is 1. The van der Waals surface area contributed by atoms with Crippen LogP contribution in [0.15, 0.2) is 47.4 Å². The summed E-state index contributed by atoms with van der Waals surface area (Å²) in [7, 11) is -3.74. The van der Waals surface area contributed by atoms with E-state index in [0.29, 0.717) is 11.3 Å². The number of aromatic hydroxyl groups is 2. The minimum absolute atomic E-state index is 0.00696. The van der Waals surface area contributed by atoms with Crippen molar-refractivity contribution >= 4 is 15.7 Å². The molecule has 19 heavy (non-hydrogen) atoms. The van der Waals surface area contributed by atoms with Gasteiger partial charge in [-0.05, 0) is 43.3 Å². The van der Waals surface area contributed by atoms with E-state index in [9.17, 15) is 13.5 Å². The lowest BCUT2D eigenvalue weighted by atomic mass is 10.2. The van der Waals surface area contributed by atoms with Gasteiger partial charge in [0.05, 0.1) is 10.6 Å². The van der Waals surface area contributed by atoms with E-state index in [2.05, 4.69) is 4.72 Å². The van der Waals surface area contributed by atoms with E-state index in [0.717, 1.165) is 0 Å². The molecule has 0 aliphatic heterocycles. The number of hydrogen-bond acceptors (Lipinski definition) is 4. The molecule has 0 radical (unpaired) electrons. The first-order valence-electron chi connectivity index (χ1n) is 5.50. The quantitative estimate of drug-likeness (QED) is 0.804. The second-order valence-corrected chi connectivity index (χ2v) is 5.73. The molecule has 0 aliphatic rings. The maximum atomic E-state index is 12.1. The van der Waals surface area contributed by atoms with Gasteiger partial charge in [-0.3, -0.25) is 4.72 Å². The van der Waals surface area contributed by atoms with Crippen molar-refractivity contribution in [3.05, 3.63) is 48.0 Å². The standard InChI is InChI=1S/C13H13NO4S/c1-9-12(3-2-4-13(9)16)14-19(17,18)11-7-5-10(15)6-8-11/h2-8,14-16H,1H3. The highest BCUT2D eigenvalue weighted by Gasteiger charge is 2.15. The smallest absolute Gasteiger partial charge is 0.261 e. The summed E-state index contributed by atoms with van der Waals surface area (Å²) in [6, 6.07) is 9.79. The molecule has 0 saturated heterocycles. The zero-order valence-corrected chi connectivity index (χ0v) is 11.0. The van der Waals surface area contributed by atoms with E-state index in [1.165, 1.54) is 30.3 Å². The van der Waals surface area contributed by atoms with Gasteiger partial charge in [0.15, 0.2) is 0 Å². The summed E-state index contributed by atoms with van der Waals surface area (Å²) in [6.45, 7) is 1.62. The van der Waals surface area contributed by atoms with Gasteiger partial charge in [-0.2, -0.15) is 0 Å². The van der Waals surface area contributed by atoms with Gasteiger partial charge in [-0.25, -0.2) is 8.42 Å². The molecule has 2 aromatic carbocycles. The first-order chi connectivity index (χ1) is 8.90. The summed E-state index contributed by atoms with van der Waals surface area (Å²) in [5, 5.41) is 18.7. The van der Waals surface area contributed by atoms with Crippen LogP contribution in [0, 0.1) is 6.92 Å². The monoisotopic (exact) mass is 279 g/mol. The number of anilines is 1. The van der Waals surface area contributed by atoms with Crippen molar-refractivity contribution < 1.29 is 18.6 Å². The molecule has 0 aliphatic carbocycles. The Balaban J connectivity index is 2.36. The molecule has 2 rings (SSSR count). The normalized spacial score (nSPS) is 11.2. The summed E-state index contributed by atoms with van der Waals surface area (Å²) in [4.78, 5) is 0.0352.